The van der Waals surface area contributed by atoms with Gasteiger partial charge in [0.15, 0.2) is 0 Å². The van der Waals surface area contributed by atoms with Gasteiger partial charge in [0.2, 0.25) is 0 Å². The van der Waals surface area contributed by atoms with Crippen LogP contribution in [0.1, 0.15) is 19.8 Å². The number of hydrogen-bond acceptors (Lipinski definition) is 5. The summed E-state index contributed by atoms with van der Waals surface area (Å²) in [6, 6.07) is 7.72. The van der Waals surface area contributed by atoms with Crippen LogP contribution in [0.3, 0.4) is 0 Å². The van der Waals surface area contributed by atoms with Crippen LogP contribution in [0.2, 0.25) is 0 Å². The lowest BCUT2D eigenvalue weighted by Gasteiger charge is -2.41. The second kappa shape index (κ2) is 8.22. The largest absolute Gasteiger partial charge is 0.494 e. The molecule has 2 rings (SSSR count). The van der Waals surface area contributed by atoms with E-state index >= 15 is 0 Å². The molecule has 0 heterocycles. The topological polar surface area (TPSA) is 62.9 Å². The third kappa shape index (κ3) is 4.59. The van der Waals surface area contributed by atoms with Crippen molar-refractivity contribution in [3.05, 3.63) is 24.3 Å². The zero-order chi connectivity index (χ0) is 15.1. The van der Waals surface area contributed by atoms with E-state index in [9.17, 15) is 0 Å². The molecule has 3 unspecified atom stereocenters. The molecule has 0 aliphatic heterocycles. The smallest absolute Gasteiger partial charge is 0.128 e. The first-order valence-corrected chi connectivity index (χ1v) is 7.50. The Labute approximate surface area is 126 Å². The molecular formula is C16H25NO4. The van der Waals surface area contributed by atoms with Crippen molar-refractivity contribution in [2.45, 2.75) is 38.0 Å². The molecule has 118 valence electrons. The monoisotopic (exact) mass is 295 g/mol. The third-order valence-corrected chi connectivity index (χ3v) is 3.47. The molecular weight excluding hydrogens is 270 g/mol. The Balaban J connectivity index is 1.80. The molecule has 0 amide bonds. The fraction of sp³-hybridized carbons (Fsp3) is 0.625. The quantitative estimate of drug-likeness (QED) is 0.706. The van der Waals surface area contributed by atoms with E-state index in [-0.39, 0.29) is 18.2 Å². The lowest BCUT2D eigenvalue weighted by Crippen LogP contribution is -2.59. The Hall–Kier alpha value is -1.30. The van der Waals surface area contributed by atoms with Crippen LogP contribution in [0, 0.1) is 0 Å². The highest BCUT2D eigenvalue weighted by Crippen LogP contribution is 2.28. The molecule has 0 spiro atoms. The first-order valence-electron chi connectivity index (χ1n) is 7.50. The van der Waals surface area contributed by atoms with E-state index in [4.69, 9.17) is 24.7 Å². The van der Waals surface area contributed by atoms with E-state index in [1.165, 1.54) is 0 Å². The first-order chi connectivity index (χ1) is 10.2. The summed E-state index contributed by atoms with van der Waals surface area (Å²) >= 11 is 0. The molecule has 1 aromatic rings. The maximum atomic E-state index is 5.96. The van der Waals surface area contributed by atoms with Gasteiger partial charge < -0.3 is 24.7 Å². The number of ether oxygens (including phenoxy) is 4. The van der Waals surface area contributed by atoms with Gasteiger partial charge in [-0.25, -0.2) is 0 Å². The standard InChI is InChI=1S/C16H25NO4/c1-3-8-19-12-4-6-13(7-5-12)21-15-11-14(17)16(15)20-10-9-18-2/h4-7,14-16H,3,8-11,17H2,1-2H3. The Kier molecular flexibility index (Phi) is 6.29. The van der Waals surface area contributed by atoms with Gasteiger partial charge in [-0.1, -0.05) is 6.92 Å². The maximum Gasteiger partial charge on any atom is 0.128 e. The average Bonchev–Trinajstić information content (AvgIpc) is 2.50. The van der Waals surface area contributed by atoms with Crippen LogP contribution in [0.4, 0.5) is 0 Å². The predicted octanol–water partition coefficient (Wildman–Crippen LogP) is 1.99. The molecule has 3 atom stereocenters. The molecule has 0 aromatic heterocycles. The van der Waals surface area contributed by atoms with Crippen molar-refractivity contribution in [3.8, 4) is 11.5 Å². The lowest BCUT2D eigenvalue weighted by molar-refractivity contribution is -0.107. The SMILES string of the molecule is CCCOc1ccc(OC2CC(N)C2OCCOC)cc1. The van der Waals surface area contributed by atoms with E-state index in [0.717, 1.165) is 30.9 Å². The van der Waals surface area contributed by atoms with Crippen molar-refractivity contribution < 1.29 is 18.9 Å². The predicted molar refractivity (Wildman–Crippen MR) is 80.9 cm³/mol. The van der Waals surface area contributed by atoms with E-state index < -0.39 is 0 Å². The van der Waals surface area contributed by atoms with Crippen LogP contribution in [0.5, 0.6) is 11.5 Å². The van der Waals surface area contributed by atoms with Crippen LogP contribution >= 0.6 is 0 Å². The van der Waals surface area contributed by atoms with Crippen molar-refractivity contribution in [2.75, 3.05) is 26.9 Å². The van der Waals surface area contributed by atoms with Crippen LogP contribution < -0.4 is 15.2 Å². The van der Waals surface area contributed by atoms with E-state index in [1.807, 2.05) is 24.3 Å². The number of methoxy groups -OCH3 is 1. The fourth-order valence-corrected chi connectivity index (χ4v) is 2.24. The summed E-state index contributed by atoms with van der Waals surface area (Å²) in [6.45, 7) is 3.92. The Bertz CT molecular complexity index is 409. The highest BCUT2D eigenvalue weighted by molar-refractivity contribution is 5.31. The van der Waals surface area contributed by atoms with Gasteiger partial charge >= 0.3 is 0 Å². The van der Waals surface area contributed by atoms with Gasteiger partial charge in [-0.15, -0.1) is 0 Å². The zero-order valence-electron chi connectivity index (χ0n) is 12.8. The van der Waals surface area contributed by atoms with Gasteiger partial charge in [-0.05, 0) is 30.7 Å². The Morgan fingerprint density at radius 1 is 1.10 bits per heavy atom. The molecule has 5 heteroatoms. The van der Waals surface area contributed by atoms with E-state index in [2.05, 4.69) is 6.92 Å². The number of benzene rings is 1. The van der Waals surface area contributed by atoms with Crippen LogP contribution in [-0.2, 0) is 9.47 Å². The Morgan fingerprint density at radius 2 is 1.81 bits per heavy atom. The molecule has 1 aromatic carbocycles. The minimum absolute atomic E-state index is 0.0132. The summed E-state index contributed by atoms with van der Waals surface area (Å²) in [5, 5.41) is 0. The molecule has 0 bridgehead atoms. The summed E-state index contributed by atoms with van der Waals surface area (Å²) in [5.74, 6) is 1.68. The van der Waals surface area contributed by atoms with Crippen LogP contribution in [-0.4, -0.2) is 45.2 Å². The van der Waals surface area contributed by atoms with Crippen molar-refractivity contribution in [3.63, 3.8) is 0 Å². The zero-order valence-corrected chi connectivity index (χ0v) is 12.8. The average molecular weight is 295 g/mol. The second-order valence-corrected chi connectivity index (χ2v) is 5.20. The number of rotatable bonds is 9. The molecule has 2 N–H and O–H groups in total. The van der Waals surface area contributed by atoms with Crippen molar-refractivity contribution in [2.24, 2.45) is 5.73 Å². The molecule has 0 radical (unpaired) electrons. The van der Waals surface area contributed by atoms with Gasteiger partial charge in [0.25, 0.3) is 0 Å². The van der Waals surface area contributed by atoms with E-state index in [0.29, 0.717) is 13.2 Å². The molecule has 21 heavy (non-hydrogen) atoms. The van der Waals surface area contributed by atoms with Crippen molar-refractivity contribution in [1.82, 2.24) is 0 Å². The number of nitrogens with two attached hydrogens (primary N) is 1. The lowest BCUT2D eigenvalue weighted by atomic mass is 9.86. The minimum atomic E-state index is -0.0591. The summed E-state index contributed by atoms with van der Waals surface area (Å²) in [5.41, 5.74) is 5.96. The normalized spacial score (nSPS) is 24.4. The molecule has 1 aliphatic rings. The molecule has 1 saturated carbocycles. The van der Waals surface area contributed by atoms with Gasteiger partial charge in [-0.2, -0.15) is 0 Å². The first kappa shape index (κ1) is 16.1. The van der Waals surface area contributed by atoms with Crippen molar-refractivity contribution in [1.29, 1.82) is 0 Å². The summed E-state index contributed by atoms with van der Waals surface area (Å²) in [6.07, 6.45) is 1.76. The van der Waals surface area contributed by atoms with E-state index in [1.54, 1.807) is 7.11 Å². The van der Waals surface area contributed by atoms with Gasteiger partial charge in [0.05, 0.1) is 19.8 Å². The van der Waals surface area contributed by atoms with Crippen molar-refractivity contribution >= 4 is 0 Å². The summed E-state index contributed by atoms with van der Waals surface area (Å²) < 4.78 is 22.1. The van der Waals surface area contributed by atoms with Gasteiger partial charge in [0.1, 0.15) is 23.7 Å². The fourth-order valence-electron chi connectivity index (χ4n) is 2.24. The van der Waals surface area contributed by atoms with Crippen LogP contribution in [0.15, 0.2) is 24.3 Å². The molecule has 1 aliphatic carbocycles. The Morgan fingerprint density at radius 3 is 2.43 bits per heavy atom. The minimum Gasteiger partial charge on any atom is -0.494 e. The van der Waals surface area contributed by atoms with Gasteiger partial charge in [0, 0.05) is 19.6 Å². The second-order valence-electron chi connectivity index (χ2n) is 5.20. The summed E-state index contributed by atoms with van der Waals surface area (Å²) in [4.78, 5) is 0. The van der Waals surface area contributed by atoms with Gasteiger partial charge in [-0.3, -0.25) is 0 Å². The maximum absolute atomic E-state index is 5.96. The highest BCUT2D eigenvalue weighted by Gasteiger charge is 2.41. The molecule has 1 fully saturated rings. The molecule has 0 saturated heterocycles. The third-order valence-electron chi connectivity index (χ3n) is 3.47. The number of hydrogen-bond donors (Lipinski definition) is 1. The summed E-state index contributed by atoms with van der Waals surface area (Å²) in [7, 11) is 1.65. The molecule has 5 nitrogen and oxygen atoms in total. The highest BCUT2D eigenvalue weighted by atomic mass is 16.6. The van der Waals surface area contributed by atoms with Crippen LogP contribution in [0.25, 0.3) is 0 Å².